The molecule has 1 saturated carbocycles. The molecule has 2 atom stereocenters. The molecule has 1 aliphatic rings. The smallest absolute Gasteiger partial charge is 0.0682 e. The van der Waals surface area contributed by atoms with Crippen LogP contribution in [0.25, 0.3) is 0 Å². The molecule has 0 amide bonds. The summed E-state index contributed by atoms with van der Waals surface area (Å²) in [5.41, 5.74) is 5.66. The van der Waals surface area contributed by atoms with Crippen LogP contribution >= 0.6 is 23.2 Å². The van der Waals surface area contributed by atoms with Gasteiger partial charge < -0.3 is 0 Å². The van der Waals surface area contributed by atoms with Crippen molar-refractivity contribution in [3.05, 3.63) is 22.3 Å². The van der Waals surface area contributed by atoms with Gasteiger partial charge in [-0.15, -0.1) is 11.6 Å². The summed E-state index contributed by atoms with van der Waals surface area (Å²) in [6.07, 6.45) is 2.09. The molecule has 0 nitrogen and oxygen atoms in total. The number of rotatable bonds is 2. The second-order valence-corrected chi connectivity index (χ2v) is 4.86. The summed E-state index contributed by atoms with van der Waals surface area (Å²) in [5.74, 6) is 0. The molecule has 1 rings (SSSR count). The van der Waals surface area contributed by atoms with Crippen molar-refractivity contribution in [1.29, 1.82) is 0 Å². The quantitative estimate of drug-likeness (QED) is 0.596. The van der Waals surface area contributed by atoms with Gasteiger partial charge in [0.15, 0.2) is 0 Å². The lowest BCUT2D eigenvalue weighted by Gasteiger charge is -2.49. The van der Waals surface area contributed by atoms with Crippen molar-refractivity contribution in [2.45, 2.75) is 45.9 Å². The van der Waals surface area contributed by atoms with Gasteiger partial charge in [-0.05, 0) is 30.9 Å². The van der Waals surface area contributed by atoms with Gasteiger partial charge in [-0.25, -0.2) is 0 Å². The highest BCUT2D eigenvalue weighted by Crippen LogP contribution is 2.57. The third-order valence-electron chi connectivity index (χ3n) is 3.55. The Balaban J connectivity index is 3.09. The molecule has 2 heteroatoms. The SMILES string of the molecule is CC/C(C)=C1\C(=C/Cl)C(C)(CC)C1Cl. The molecule has 0 aromatic carbocycles. The van der Waals surface area contributed by atoms with Gasteiger partial charge in [0.25, 0.3) is 0 Å². The van der Waals surface area contributed by atoms with E-state index >= 15 is 0 Å². The molecule has 0 radical (unpaired) electrons. The first-order valence-electron chi connectivity index (χ1n) is 5.17. The van der Waals surface area contributed by atoms with Gasteiger partial charge in [-0.2, -0.15) is 0 Å². The highest BCUT2D eigenvalue weighted by Gasteiger charge is 2.49. The summed E-state index contributed by atoms with van der Waals surface area (Å²) >= 11 is 12.3. The van der Waals surface area contributed by atoms with E-state index in [1.165, 1.54) is 16.7 Å². The van der Waals surface area contributed by atoms with Gasteiger partial charge in [0.2, 0.25) is 0 Å². The Bertz CT molecular complexity index is 289. The van der Waals surface area contributed by atoms with Crippen molar-refractivity contribution in [3.8, 4) is 0 Å². The molecule has 0 aromatic heterocycles. The average Bonchev–Trinajstić information content (AvgIpc) is 2.22. The number of hydrogen-bond donors (Lipinski definition) is 0. The van der Waals surface area contributed by atoms with Crippen molar-refractivity contribution < 1.29 is 0 Å². The zero-order valence-corrected chi connectivity index (χ0v) is 10.8. The molecule has 2 unspecified atom stereocenters. The van der Waals surface area contributed by atoms with Crippen LogP contribution in [0.2, 0.25) is 0 Å². The largest absolute Gasteiger partial charge is 0.117 e. The maximum Gasteiger partial charge on any atom is 0.0682 e. The maximum absolute atomic E-state index is 6.41. The van der Waals surface area contributed by atoms with Crippen LogP contribution in [0.5, 0.6) is 0 Å². The Morgan fingerprint density at radius 1 is 1.50 bits per heavy atom. The minimum Gasteiger partial charge on any atom is -0.117 e. The summed E-state index contributed by atoms with van der Waals surface area (Å²) in [7, 11) is 0. The number of hydrogen-bond acceptors (Lipinski definition) is 0. The second kappa shape index (κ2) is 4.28. The third-order valence-corrected chi connectivity index (χ3v) is 4.47. The Morgan fingerprint density at radius 3 is 2.43 bits per heavy atom. The van der Waals surface area contributed by atoms with E-state index in [2.05, 4.69) is 27.7 Å². The fraction of sp³-hybridized carbons (Fsp3) is 0.667. The molecule has 0 saturated heterocycles. The Kier molecular flexibility index (Phi) is 3.71. The van der Waals surface area contributed by atoms with Crippen LogP contribution in [0.4, 0.5) is 0 Å². The maximum atomic E-state index is 6.41. The van der Waals surface area contributed by atoms with Crippen molar-refractivity contribution >= 4 is 23.2 Å². The van der Waals surface area contributed by atoms with Gasteiger partial charge in [-0.3, -0.25) is 0 Å². The van der Waals surface area contributed by atoms with Crippen molar-refractivity contribution in [2.24, 2.45) is 5.41 Å². The number of halogens is 2. The Hall–Kier alpha value is 0.0600. The molecule has 0 aromatic rings. The van der Waals surface area contributed by atoms with E-state index < -0.39 is 0 Å². The lowest BCUT2D eigenvalue weighted by molar-refractivity contribution is 0.329. The van der Waals surface area contributed by atoms with Gasteiger partial charge in [0, 0.05) is 11.0 Å². The van der Waals surface area contributed by atoms with E-state index in [9.17, 15) is 0 Å². The van der Waals surface area contributed by atoms with Crippen molar-refractivity contribution in [2.75, 3.05) is 0 Å². The predicted octanol–water partition coefficient (Wildman–Crippen LogP) is 4.87. The minimum atomic E-state index is 0.0784. The van der Waals surface area contributed by atoms with Crippen LogP contribution in [-0.4, -0.2) is 5.38 Å². The van der Waals surface area contributed by atoms with E-state index in [-0.39, 0.29) is 10.8 Å². The summed E-state index contributed by atoms with van der Waals surface area (Å²) < 4.78 is 0. The molecule has 0 heterocycles. The van der Waals surface area contributed by atoms with E-state index in [1.807, 2.05) is 0 Å². The molecule has 1 aliphatic carbocycles. The Labute approximate surface area is 97.0 Å². The fourth-order valence-electron chi connectivity index (χ4n) is 2.01. The van der Waals surface area contributed by atoms with Crippen LogP contribution in [0.1, 0.15) is 40.5 Å². The minimum absolute atomic E-state index is 0.0784. The van der Waals surface area contributed by atoms with Crippen molar-refractivity contribution in [1.82, 2.24) is 0 Å². The van der Waals surface area contributed by atoms with Crippen LogP contribution in [0.3, 0.4) is 0 Å². The molecule has 0 bridgehead atoms. The predicted molar refractivity (Wildman–Crippen MR) is 65.0 cm³/mol. The first-order valence-corrected chi connectivity index (χ1v) is 6.05. The molecule has 14 heavy (non-hydrogen) atoms. The fourth-order valence-corrected chi connectivity index (χ4v) is 2.95. The number of allylic oxidation sites excluding steroid dienone is 3. The first-order chi connectivity index (χ1) is 6.52. The molecule has 80 valence electrons. The third kappa shape index (κ3) is 1.53. The molecule has 0 N–H and O–H groups in total. The zero-order valence-electron chi connectivity index (χ0n) is 9.32. The van der Waals surface area contributed by atoms with E-state index in [1.54, 1.807) is 5.54 Å². The highest BCUT2D eigenvalue weighted by atomic mass is 35.5. The summed E-state index contributed by atoms with van der Waals surface area (Å²) in [6.45, 7) is 8.64. The summed E-state index contributed by atoms with van der Waals surface area (Å²) in [6, 6.07) is 0. The second-order valence-electron chi connectivity index (χ2n) is 4.20. The van der Waals surface area contributed by atoms with Gasteiger partial charge in [0.05, 0.1) is 5.38 Å². The molecular weight excluding hydrogens is 215 g/mol. The molecule has 0 aliphatic heterocycles. The number of alkyl halides is 1. The Morgan fingerprint density at radius 2 is 2.07 bits per heavy atom. The van der Waals surface area contributed by atoms with E-state index in [0.717, 1.165) is 12.8 Å². The van der Waals surface area contributed by atoms with Crippen LogP contribution in [0.15, 0.2) is 22.3 Å². The molecule has 1 fully saturated rings. The molecular formula is C12H18Cl2. The molecule has 0 spiro atoms. The van der Waals surface area contributed by atoms with Gasteiger partial charge >= 0.3 is 0 Å². The van der Waals surface area contributed by atoms with Crippen LogP contribution < -0.4 is 0 Å². The van der Waals surface area contributed by atoms with Crippen molar-refractivity contribution in [3.63, 3.8) is 0 Å². The lowest BCUT2D eigenvalue weighted by atomic mass is 9.60. The lowest BCUT2D eigenvalue weighted by Crippen LogP contribution is -2.44. The normalized spacial score (nSPS) is 38.4. The first kappa shape index (κ1) is 12.1. The standard InChI is InChI=1S/C12H18Cl2/c1-5-8(3)10-9(7-13)12(4,6-2)11(10)14/h7,11H,5-6H2,1-4H3/b9-7+,10-8+. The average molecular weight is 233 g/mol. The van der Waals surface area contributed by atoms with Gasteiger partial charge in [0.1, 0.15) is 0 Å². The van der Waals surface area contributed by atoms with E-state index in [4.69, 9.17) is 23.2 Å². The van der Waals surface area contributed by atoms with Crippen LogP contribution in [0, 0.1) is 5.41 Å². The van der Waals surface area contributed by atoms with Crippen LogP contribution in [-0.2, 0) is 0 Å². The topological polar surface area (TPSA) is 0 Å². The van der Waals surface area contributed by atoms with E-state index in [0.29, 0.717) is 0 Å². The summed E-state index contributed by atoms with van der Waals surface area (Å²) in [5, 5.41) is 0.137. The zero-order chi connectivity index (χ0) is 10.9. The summed E-state index contributed by atoms with van der Waals surface area (Å²) in [4.78, 5) is 0. The highest BCUT2D eigenvalue weighted by molar-refractivity contribution is 6.29. The van der Waals surface area contributed by atoms with Gasteiger partial charge in [-0.1, -0.05) is 37.9 Å². The monoisotopic (exact) mass is 232 g/mol.